The lowest BCUT2D eigenvalue weighted by Gasteiger charge is -2.28. The monoisotopic (exact) mass is 426 g/mol. The summed E-state index contributed by atoms with van der Waals surface area (Å²) in [5, 5.41) is 22.2. The number of hydrogen-bond acceptors (Lipinski definition) is 6. The standard InChI is InChI=1S/C24H26N8/c1-16(2)31-15-22(17(3)29-31)19-10-21(24-20(11-25)13-28-32(24)14-19)18-4-5-23(27-12-18)30-8-6-26-7-9-30/h4-5,10,12-16,26H,6-9H2,1-3H3. The Bertz CT molecular complexity index is 1300. The molecule has 0 amide bonds. The number of aromatic nitrogens is 5. The van der Waals surface area contributed by atoms with E-state index in [1.807, 2.05) is 24.0 Å². The van der Waals surface area contributed by atoms with Crippen LogP contribution in [0.15, 0.2) is 43.0 Å². The van der Waals surface area contributed by atoms with Crippen LogP contribution in [0.5, 0.6) is 0 Å². The summed E-state index contributed by atoms with van der Waals surface area (Å²) in [6.07, 6.45) is 7.56. The summed E-state index contributed by atoms with van der Waals surface area (Å²) in [5.74, 6) is 0.977. The molecule has 0 atom stereocenters. The molecule has 1 fully saturated rings. The summed E-state index contributed by atoms with van der Waals surface area (Å²) in [7, 11) is 0. The van der Waals surface area contributed by atoms with Gasteiger partial charge in [-0.25, -0.2) is 9.50 Å². The van der Waals surface area contributed by atoms with Gasteiger partial charge in [-0.05, 0) is 39.0 Å². The second kappa shape index (κ2) is 8.09. The Labute approximate surface area is 187 Å². The van der Waals surface area contributed by atoms with Gasteiger partial charge < -0.3 is 10.2 Å². The number of rotatable bonds is 4. The molecule has 4 aromatic heterocycles. The van der Waals surface area contributed by atoms with Crippen LogP contribution < -0.4 is 10.2 Å². The molecule has 8 nitrogen and oxygen atoms in total. The number of nitriles is 1. The van der Waals surface area contributed by atoms with Gasteiger partial charge in [-0.3, -0.25) is 4.68 Å². The van der Waals surface area contributed by atoms with Gasteiger partial charge in [0.15, 0.2) is 0 Å². The molecule has 5 heterocycles. The minimum atomic E-state index is 0.280. The average molecular weight is 427 g/mol. The Balaban J connectivity index is 1.63. The maximum Gasteiger partial charge on any atom is 0.128 e. The highest BCUT2D eigenvalue weighted by molar-refractivity contribution is 5.87. The molecule has 0 saturated carbocycles. The SMILES string of the molecule is Cc1nn(C(C)C)cc1-c1cc(-c2ccc(N3CCNCC3)nc2)c2c(C#N)cnn2c1. The van der Waals surface area contributed by atoms with Crippen molar-refractivity contribution in [1.82, 2.24) is 29.7 Å². The summed E-state index contributed by atoms with van der Waals surface area (Å²) >= 11 is 0. The van der Waals surface area contributed by atoms with Gasteiger partial charge in [-0.1, -0.05) is 0 Å². The molecule has 1 N–H and O–H groups in total. The first-order valence-electron chi connectivity index (χ1n) is 10.9. The number of nitrogens with one attached hydrogen (secondary N) is 1. The predicted octanol–water partition coefficient (Wildman–Crippen LogP) is 3.43. The van der Waals surface area contributed by atoms with E-state index in [0.717, 1.165) is 65.5 Å². The zero-order valence-corrected chi connectivity index (χ0v) is 18.6. The molecule has 1 aliphatic heterocycles. The first-order chi connectivity index (χ1) is 15.5. The average Bonchev–Trinajstić information content (AvgIpc) is 3.42. The van der Waals surface area contributed by atoms with E-state index in [-0.39, 0.29) is 6.04 Å². The van der Waals surface area contributed by atoms with E-state index in [1.54, 1.807) is 10.7 Å². The summed E-state index contributed by atoms with van der Waals surface area (Å²) in [5.41, 5.74) is 6.27. The van der Waals surface area contributed by atoms with Crippen LogP contribution in [0.25, 0.3) is 27.8 Å². The van der Waals surface area contributed by atoms with Gasteiger partial charge in [0.25, 0.3) is 0 Å². The Kier molecular flexibility index (Phi) is 5.11. The van der Waals surface area contributed by atoms with Crippen molar-refractivity contribution in [2.75, 3.05) is 31.1 Å². The van der Waals surface area contributed by atoms with Crippen LogP contribution in [0.2, 0.25) is 0 Å². The van der Waals surface area contributed by atoms with Crippen LogP contribution in [-0.2, 0) is 0 Å². The fraction of sp³-hybridized carbons (Fsp3) is 0.333. The minimum absolute atomic E-state index is 0.280. The first kappa shape index (κ1) is 20.2. The predicted molar refractivity (Wildman–Crippen MR) is 125 cm³/mol. The number of aryl methyl sites for hydroxylation is 1. The fourth-order valence-electron chi connectivity index (χ4n) is 4.23. The van der Waals surface area contributed by atoms with Crippen molar-refractivity contribution in [2.24, 2.45) is 0 Å². The normalized spacial score (nSPS) is 14.3. The molecule has 0 unspecified atom stereocenters. The van der Waals surface area contributed by atoms with Gasteiger partial charge in [-0.15, -0.1) is 0 Å². The highest BCUT2D eigenvalue weighted by Crippen LogP contribution is 2.33. The molecular weight excluding hydrogens is 400 g/mol. The van der Waals surface area contributed by atoms with Crippen LogP contribution in [0.1, 0.15) is 31.1 Å². The molecule has 32 heavy (non-hydrogen) atoms. The van der Waals surface area contributed by atoms with Gasteiger partial charge in [0, 0.05) is 73.1 Å². The third-order valence-corrected chi connectivity index (χ3v) is 5.99. The number of nitrogens with zero attached hydrogens (tertiary/aromatic N) is 7. The number of piperazine rings is 1. The highest BCUT2D eigenvalue weighted by atomic mass is 15.3. The number of fused-ring (bicyclic) bond motifs is 1. The van der Waals surface area contributed by atoms with Crippen LogP contribution in [0.3, 0.4) is 0 Å². The summed E-state index contributed by atoms with van der Waals surface area (Å²) < 4.78 is 3.77. The van der Waals surface area contributed by atoms with Crippen LogP contribution in [-0.4, -0.2) is 50.6 Å². The van der Waals surface area contributed by atoms with E-state index in [2.05, 4.69) is 64.7 Å². The smallest absolute Gasteiger partial charge is 0.128 e. The fourth-order valence-corrected chi connectivity index (χ4v) is 4.23. The summed E-state index contributed by atoms with van der Waals surface area (Å²) in [6.45, 7) is 10.1. The van der Waals surface area contributed by atoms with E-state index < -0.39 is 0 Å². The van der Waals surface area contributed by atoms with Gasteiger partial charge >= 0.3 is 0 Å². The molecule has 0 radical (unpaired) electrons. The maximum atomic E-state index is 9.66. The van der Waals surface area contributed by atoms with E-state index in [4.69, 9.17) is 4.98 Å². The molecule has 4 aromatic rings. The van der Waals surface area contributed by atoms with Gasteiger partial charge in [-0.2, -0.15) is 15.5 Å². The molecule has 162 valence electrons. The van der Waals surface area contributed by atoms with Crippen molar-refractivity contribution < 1.29 is 0 Å². The second-order valence-corrected chi connectivity index (χ2v) is 8.45. The van der Waals surface area contributed by atoms with Crippen LogP contribution in [0, 0.1) is 18.3 Å². The van der Waals surface area contributed by atoms with Crippen molar-refractivity contribution in [2.45, 2.75) is 26.8 Å². The van der Waals surface area contributed by atoms with E-state index in [1.165, 1.54) is 0 Å². The molecule has 0 spiro atoms. The molecule has 0 aromatic carbocycles. The lowest BCUT2D eigenvalue weighted by molar-refractivity contribution is 0.529. The Hall–Kier alpha value is -3.70. The molecule has 0 bridgehead atoms. The number of hydrogen-bond donors (Lipinski definition) is 1. The topological polar surface area (TPSA) is 87.1 Å². The largest absolute Gasteiger partial charge is 0.354 e. The minimum Gasteiger partial charge on any atom is -0.354 e. The van der Waals surface area contributed by atoms with Gasteiger partial charge in [0.1, 0.15) is 11.9 Å². The molecule has 8 heteroatoms. The molecule has 1 aliphatic rings. The van der Waals surface area contributed by atoms with Crippen molar-refractivity contribution >= 4 is 11.3 Å². The lowest BCUT2D eigenvalue weighted by atomic mass is 10.0. The Morgan fingerprint density at radius 3 is 2.53 bits per heavy atom. The molecule has 1 saturated heterocycles. The van der Waals surface area contributed by atoms with Crippen LogP contribution in [0.4, 0.5) is 5.82 Å². The highest BCUT2D eigenvalue weighted by Gasteiger charge is 2.18. The van der Waals surface area contributed by atoms with Crippen molar-refractivity contribution in [3.05, 3.63) is 54.2 Å². The number of anilines is 1. The summed E-state index contributed by atoms with van der Waals surface area (Å²) in [4.78, 5) is 7.03. The third-order valence-electron chi connectivity index (χ3n) is 5.99. The maximum absolute atomic E-state index is 9.66. The second-order valence-electron chi connectivity index (χ2n) is 8.45. The zero-order chi connectivity index (χ0) is 22.2. The third kappa shape index (κ3) is 3.51. The molecule has 5 rings (SSSR count). The van der Waals surface area contributed by atoms with Gasteiger partial charge in [0.05, 0.1) is 23.0 Å². The Morgan fingerprint density at radius 1 is 1.06 bits per heavy atom. The van der Waals surface area contributed by atoms with E-state index >= 15 is 0 Å². The zero-order valence-electron chi connectivity index (χ0n) is 18.6. The molecular formula is C24H26N8. The van der Waals surface area contributed by atoms with Crippen molar-refractivity contribution in [3.63, 3.8) is 0 Å². The number of pyridine rings is 2. The van der Waals surface area contributed by atoms with Crippen molar-refractivity contribution in [3.8, 4) is 28.3 Å². The Morgan fingerprint density at radius 2 is 1.88 bits per heavy atom. The first-order valence-corrected chi connectivity index (χ1v) is 10.9. The van der Waals surface area contributed by atoms with Crippen molar-refractivity contribution in [1.29, 1.82) is 5.26 Å². The van der Waals surface area contributed by atoms with Crippen LogP contribution >= 0.6 is 0 Å². The quantitative estimate of drug-likeness (QED) is 0.538. The van der Waals surface area contributed by atoms with E-state index in [0.29, 0.717) is 5.56 Å². The van der Waals surface area contributed by atoms with E-state index in [9.17, 15) is 5.26 Å². The molecule has 0 aliphatic carbocycles. The summed E-state index contributed by atoms with van der Waals surface area (Å²) in [6, 6.07) is 8.83. The van der Waals surface area contributed by atoms with Gasteiger partial charge in [0.2, 0.25) is 0 Å². The lowest BCUT2D eigenvalue weighted by Crippen LogP contribution is -2.43.